The van der Waals surface area contributed by atoms with Gasteiger partial charge < -0.3 is 0 Å². The molecule has 1 heterocycles. The first-order valence-electron chi connectivity index (χ1n) is 5.22. The molecular formula is C10H19N3. The van der Waals surface area contributed by atoms with E-state index in [1.807, 2.05) is 0 Å². The van der Waals surface area contributed by atoms with Crippen molar-refractivity contribution in [2.75, 3.05) is 0 Å². The summed E-state index contributed by atoms with van der Waals surface area (Å²) in [6, 6.07) is 0. The number of rotatable bonds is 5. The second-order valence-corrected chi connectivity index (χ2v) is 3.40. The van der Waals surface area contributed by atoms with Crippen molar-refractivity contribution >= 4 is 0 Å². The Morgan fingerprint density at radius 3 is 2.46 bits per heavy atom. The lowest BCUT2D eigenvalue weighted by Crippen LogP contribution is -1.98. The van der Waals surface area contributed by atoms with Crippen LogP contribution in [0.5, 0.6) is 0 Å². The zero-order valence-corrected chi connectivity index (χ0v) is 8.80. The van der Waals surface area contributed by atoms with Gasteiger partial charge in [0.15, 0.2) is 5.82 Å². The van der Waals surface area contributed by atoms with Crippen LogP contribution in [-0.2, 0) is 6.42 Å². The molecule has 0 aromatic carbocycles. The molecule has 0 aliphatic carbocycles. The van der Waals surface area contributed by atoms with Gasteiger partial charge in [0.2, 0.25) is 0 Å². The molecule has 0 saturated heterocycles. The monoisotopic (exact) mass is 181 g/mol. The molecule has 13 heavy (non-hydrogen) atoms. The average Bonchev–Trinajstić information content (AvgIpc) is 2.56. The van der Waals surface area contributed by atoms with E-state index in [0.29, 0.717) is 5.92 Å². The summed E-state index contributed by atoms with van der Waals surface area (Å²) in [4.78, 5) is 4.48. The Hall–Kier alpha value is -0.860. The van der Waals surface area contributed by atoms with Crippen LogP contribution in [0.4, 0.5) is 0 Å². The van der Waals surface area contributed by atoms with Crippen LogP contribution in [0.3, 0.4) is 0 Å². The Bertz CT molecular complexity index is 238. The minimum Gasteiger partial charge on any atom is -0.263 e. The van der Waals surface area contributed by atoms with Gasteiger partial charge in [0, 0.05) is 12.3 Å². The zero-order valence-electron chi connectivity index (χ0n) is 8.80. The van der Waals surface area contributed by atoms with Crippen molar-refractivity contribution in [3.63, 3.8) is 0 Å². The van der Waals surface area contributed by atoms with Crippen LogP contribution in [-0.4, -0.2) is 15.2 Å². The molecule has 0 fully saturated rings. The number of nitrogens with one attached hydrogen (secondary N) is 1. The summed E-state index contributed by atoms with van der Waals surface area (Å²) in [7, 11) is 0. The molecule has 1 aromatic heterocycles. The zero-order chi connectivity index (χ0) is 9.68. The number of hydrogen-bond donors (Lipinski definition) is 1. The van der Waals surface area contributed by atoms with E-state index in [0.717, 1.165) is 37.3 Å². The highest BCUT2D eigenvalue weighted by molar-refractivity contribution is 4.97. The largest absolute Gasteiger partial charge is 0.263 e. The van der Waals surface area contributed by atoms with Crippen molar-refractivity contribution in [1.82, 2.24) is 15.2 Å². The molecule has 0 atom stereocenters. The van der Waals surface area contributed by atoms with Crippen LogP contribution in [0.15, 0.2) is 0 Å². The van der Waals surface area contributed by atoms with Crippen molar-refractivity contribution in [1.29, 1.82) is 0 Å². The molecule has 1 rings (SSSR count). The normalized spacial score (nSPS) is 11.1. The number of aryl methyl sites for hydroxylation is 1. The molecule has 3 nitrogen and oxygen atoms in total. The van der Waals surface area contributed by atoms with E-state index >= 15 is 0 Å². The number of aromatic amines is 1. The SMILES string of the molecule is CCCc1nc(C(CC)CC)n[nH]1. The van der Waals surface area contributed by atoms with Gasteiger partial charge in [-0.3, -0.25) is 5.10 Å². The van der Waals surface area contributed by atoms with E-state index in [2.05, 4.69) is 36.0 Å². The first-order valence-corrected chi connectivity index (χ1v) is 5.22. The van der Waals surface area contributed by atoms with E-state index in [1.165, 1.54) is 0 Å². The Balaban J connectivity index is 2.66. The minimum absolute atomic E-state index is 0.529. The van der Waals surface area contributed by atoms with Gasteiger partial charge in [-0.15, -0.1) is 0 Å². The molecule has 0 aliphatic heterocycles. The van der Waals surface area contributed by atoms with Gasteiger partial charge in [0.1, 0.15) is 5.82 Å². The van der Waals surface area contributed by atoms with Crippen LogP contribution in [0.2, 0.25) is 0 Å². The van der Waals surface area contributed by atoms with Crippen LogP contribution < -0.4 is 0 Å². The minimum atomic E-state index is 0.529. The summed E-state index contributed by atoms with van der Waals surface area (Å²) < 4.78 is 0. The van der Waals surface area contributed by atoms with Gasteiger partial charge >= 0.3 is 0 Å². The predicted molar refractivity (Wildman–Crippen MR) is 53.7 cm³/mol. The lowest BCUT2D eigenvalue weighted by Gasteiger charge is -2.05. The molecule has 0 spiro atoms. The van der Waals surface area contributed by atoms with Crippen molar-refractivity contribution in [2.24, 2.45) is 0 Å². The maximum absolute atomic E-state index is 4.48. The predicted octanol–water partition coefficient (Wildman–Crippen LogP) is 2.66. The molecular weight excluding hydrogens is 162 g/mol. The van der Waals surface area contributed by atoms with Crippen LogP contribution in [0.25, 0.3) is 0 Å². The lowest BCUT2D eigenvalue weighted by molar-refractivity contribution is 0.604. The summed E-state index contributed by atoms with van der Waals surface area (Å²) in [5, 5.41) is 7.24. The Labute approximate surface area is 80.0 Å². The number of H-pyrrole nitrogens is 1. The summed E-state index contributed by atoms with van der Waals surface area (Å²) in [6.07, 6.45) is 4.38. The van der Waals surface area contributed by atoms with Crippen LogP contribution in [0.1, 0.15) is 57.6 Å². The summed E-state index contributed by atoms with van der Waals surface area (Å²) in [6.45, 7) is 6.52. The van der Waals surface area contributed by atoms with E-state index in [-0.39, 0.29) is 0 Å². The fourth-order valence-corrected chi connectivity index (χ4v) is 1.50. The van der Waals surface area contributed by atoms with Gasteiger partial charge in [0.25, 0.3) is 0 Å². The van der Waals surface area contributed by atoms with Crippen LogP contribution in [0, 0.1) is 0 Å². The van der Waals surface area contributed by atoms with Gasteiger partial charge in [-0.1, -0.05) is 20.8 Å². The number of aromatic nitrogens is 3. The highest BCUT2D eigenvalue weighted by Gasteiger charge is 2.11. The van der Waals surface area contributed by atoms with Gasteiger partial charge in [-0.25, -0.2) is 4.98 Å². The standard InChI is InChI=1S/C10H19N3/c1-4-7-9-11-10(13-12-9)8(5-2)6-3/h8H,4-7H2,1-3H3,(H,11,12,13). The molecule has 74 valence electrons. The Kier molecular flexibility index (Phi) is 3.93. The molecule has 0 unspecified atom stereocenters. The lowest BCUT2D eigenvalue weighted by atomic mass is 10.0. The third-order valence-corrected chi connectivity index (χ3v) is 2.39. The maximum atomic E-state index is 4.48. The molecule has 1 N–H and O–H groups in total. The molecule has 0 amide bonds. The second kappa shape index (κ2) is 5.00. The molecule has 1 aromatic rings. The molecule has 0 radical (unpaired) electrons. The third kappa shape index (κ3) is 2.54. The topological polar surface area (TPSA) is 41.6 Å². The van der Waals surface area contributed by atoms with Crippen molar-refractivity contribution < 1.29 is 0 Å². The summed E-state index contributed by atoms with van der Waals surface area (Å²) in [5.41, 5.74) is 0. The summed E-state index contributed by atoms with van der Waals surface area (Å²) in [5.74, 6) is 2.56. The smallest absolute Gasteiger partial charge is 0.153 e. The van der Waals surface area contributed by atoms with E-state index in [1.54, 1.807) is 0 Å². The van der Waals surface area contributed by atoms with E-state index < -0.39 is 0 Å². The van der Waals surface area contributed by atoms with Gasteiger partial charge in [0.05, 0.1) is 0 Å². The van der Waals surface area contributed by atoms with E-state index in [9.17, 15) is 0 Å². The second-order valence-electron chi connectivity index (χ2n) is 3.40. The first kappa shape index (κ1) is 10.2. The van der Waals surface area contributed by atoms with Crippen molar-refractivity contribution in [3.8, 4) is 0 Å². The fraction of sp³-hybridized carbons (Fsp3) is 0.800. The van der Waals surface area contributed by atoms with E-state index in [4.69, 9.17) is 0 Å². The molecule has 3 heteroatoms. The van der Waals surface area contributed by atoms with Crippen molar-refractivity contribution in [2.45, 2.75) is 52.4 Å². The van der Waals surface area contributed by atoms with Gasteiger partial charge in [-0.05, 0) is 19.3 Å². The quantitative estimate of drug-likeness (QED) is 0.758. The third-order valence-electron chi connectivity index (χ3n) is 2.39. The Morgan fingerprint density at radius 2 is 1.92 bits per heavy atom. The highest BCUT2D eigenvalue weighted by atomic mass is 15.2. The average molecular weight is 181 g/mol. The molecule has 0 aliphatic rings. The van der Waals surface area contributed by atoms with Crippen molar-refractivity contribution in [3.05, 3.63) is 11.6 Å². The fourth-order valence-electron chi connectivity index (χ4n) is 1.50. The highest BCUT2D eigenvalue weighted by Crippen LogP contribution is 2.18. The summed E-state index contributed by atoms with van der Waals surface area (Å²) >= 11 is 0. The number of nitrogens with zero attached hydrogens (tertiary/aromatic N) is 2. The van der Waals surface area contributed by atoms with Gasteiger partial charge in [-0.2, -0.15) is 5.10 Å². The molecule has 0 bridgehead atoms. The molecule has 0 saturated carbocycles. The first-order chi connectivity index (χ1) is 6.31. The Morgan fingerprint density at radius 1 is 1.23 bits per heavy atom. The number of hydrogen-bond acceptors (Lipinski definition) is 2. The maximum Gasteiger partial charge on any atom is 0.153 e. The van der Waals surface area contributed by atoms with Crippen LogP contribution >= 0.6 is 0 Å².